The zero-order chi connectivity index (χ0) is 12.0. The Kier molecular flexibility index (Phi) is 2.09. The van der Waals surface area contributed by atoms with E-state index in [1.165, 1.54) is 0 Å². The lowest BCUT2D eigenvalue weighted by Gasteiger charge is -2.69. The van der Waals surface area contributed by atoms with Crippen molar-refractivity contribution in [3.05, 3.63) is 0 Å². The fraction of sp³-hybridized carbons (Fsp3) is 1.00. The van der Waals surface area contributed by atoms with Crippen LogP contribution in [0.25, 0.3) is 0 Å². The van der Waals surface area contributed by atoms with Gasteiger partial charge in [-0.05, 0) is 99.2 Å². The molecule has 0 aromatic carbocycles. The average Bonchev–Trinajstić information content (AvgIpc) is 2.19. The van der Waals surface area contributed by atoms with Gasteiger partial charge < -0.3 is 0 Å². The van der Waals surface area contributed by atoms with Gasteiger partial charge in [-0.1, -0.05) is 22.6 Å². The summed E-state index contributed by atoms with van der Waals surface area (Å²) in [5, 5.41) is 0. The highest BCUT2D eigenvalue weighted by Crippen LogP contribution is 2.75. The van der Waals surface area contributed by atoms with Gasteiger partial charge in [0.25, 0.3) is 0 Å². The Hall–Kier alpha value is 0.730. The predicted octanol–water partition coefficient (Wildman–Crippen LogP) is 5.34. The molecule has 0 amide bonds. The summed E-state index contributed by atoms with van der Waals surface area (Å²) in [4.78, 5) is 0. The molecule has 0 aliphatic heterocycles. The summed E-state index contributed by atoms with van der Waals surface area (Å²) in [7, 11) is 0. The van der Waals surface area contributed by atoms with E-state index in [0.717, 1.165) is 32.0 Å². The van der Waals surface area contributed by atoms with Gasteiger partial charge in [0.1, 0.15) is 0 Å². The minimum absolute atomic E-state index is 0.791. The Bertz CT molecular complexity index is 341. The zero-order valence-electron chi connectivity index (χ0n) is 11.4. The molecule has 7 rings (SSSR count). The fourth-order valence-corrected chi connectivity index (χ4v) is 9.68. The van der Waals surface area contributed by atoms with Crippen LogP contribution >= 0.6 is 22.6 Å². The maximum absolute atomic E-state index is 2.74. The number of alkyl halides is 1. The van der Waals surface area contributed by atoms with E-state index < -0.39 is 0 Å². The van der Waals surface area contributed by atoms with Gasteiger partial charge in [-0.2, -0.15) is 0 Å². The molecule has 0 radical (unpaired) electrons. The van der Waals surface area contributed by atoms with E-state index in [0.29, 0.717) is 0 Å². The van der Waals surface area contributed by atoms with Crippen molar-refractivity contribution < 1.29 is 0 Å². The monoisotopic (exact) mass is 356 g/mol. The van der Waals surface area contributed by atoms with Gasteiger partial charge in [-0.25, -0.2) is 0 Å². The maximum atomic E-state index is 2.74. The van der Waals surface area contributed by atoms with Gasteiger partial charge in [0.05, 0.1) is 0 Å². The second-order valence-corrected chi connectivity index (χ2v) is 11.4. The van der Waals surface area contributed by atoms with Crippen molar-refractivity contribution in [3.8, 4) is 0 Å². The lowest BCUT2D eigenvalue weighted by molar-refractivity contribution is -0.105. The predicted molar refractivity (Wildman–Crippen MR) is 82.9 cm³/mol. The van der Waals surface area contributed by atoms with E-state index in [4.69, 9.17) is 0 Å². The summed E-state index contributed by atoms with van der Waals surface area (Å²) in [6.07, 6.45) is 17.7. The molecular formula is C17H25I. The standard InChI is InChI=1S/C17H25I/c18-17-9-16(10-17,11-17)2-1-15-6-12-3-13(7-15)5-14(4-12)8-15/h12-14H,1-11H2. The van der Waals surface area contributed by atoms with E-state index in [9.17, 15) is 0 Å². The summed E-state index contributed by atoms with van der Waals surface area (Å²) >= 11 is 2.74. The molecule has 7 aliphatic rings. The minimum Gasteiger partial charge on any atom is -0.0788 e. The molecule has 7 aliphatic carbocycles. The molecule has 7 saturated carbocycles. The molecular weight excluding hydrogens is 331 g/mol. The number of rotatable bonds is 3. The molecule has 100 valence electrons. The molecule has 0 heterocycles. The van der Waals surface area contributed by atoms with Crippen LogP contribution in [0.15, 0.2) is 0 Å². The quantitative estimate of drug-likeness (QED) is 0.473. The van der Waals surface area contributed by atoms with Gasteiger partial charge in [-0.15, -0.1) is 0 Å². The molecule has 0 aromatic heterocycles. The molecule has 0 saturated heterocycles. The van der Waals surface area contributed by atoms with Crippen LogP contribution in [-0.4, -0.2) is 3.42 Å². The van der Waals surface area contributed by atoms with Gasteiger partial charge in [0, 0.05) is 3.42 Å². The number of halogens is 1. The second-order valence-electron chi connectivity index (χ2n) is 9.10. The lowest BCUT2D eigenvalue weighted by atomic mass is 9.41. The Morgan fingerprint density at radius 1 is 0.722 bits per heavy atom. The van der Waals surface area contributed by atoms with Gasteiger partial charge in [-0.3, -0.25) is 0 Å². The Morgan fingerprint density at radius 3 is 1.61 bits per heavy atom. The highest BCUT2D eigenvalue weighted by molar-refractivity contribution is 14.1. The Labute approximate surface area is 125 Å². The van der Waals surface area contributed by atoms with E-state index in [-0.39, 0.29) is 0 Å². The smallest absolute Gasteiger partial charge is 0.0238 e. The highest BCUT2D eigenvalue weighted by Gasteiger charge is 2.66. The summed E-state index contributed by atoms with van der Waals surface area (Å²) in [6.45, 7) is 0. The zero-order valence-corrected chi connectivity index (χ0v) is 13.5. The van der Waals surface area contributed by atoms with Crippen LogP contribution in [-0.2, 0) is 0 Å². The van der Waals surface area contributed by atoms with Crippen LogP contribution in [0.4, 0.5) is 0 Å². The van der Waals surface area contributed by atoms with Crippen LogP contribution < -0.4 is 0 Å². The first-order valence-corrected chi connectivity index (χ1v) is 9.33. The molecule has 7 fully saturated rings. The van der Waals surface area contributed by atoms with Crippen LogP contribution in [0.2, 0.25) is 0 Å². The first-order valence-electron chi connectivity index (χ1n) is 8.25. The van der Waals surface area contributed by atoms with Crippen molar-refractivity contribution in [3.63, 3.8) is 0 Å². The molecule has 0 atom stereocenters. The van der Waals surface area contributed by atoms with Crippen LogP contribution in [0.1, 0.15) is 70.6 Å². The van der Waals surface area contributed by atoms with Gasteiger partial charge in [0.2, 0.25) is 0 Å². The minimum atomic E-state index is 0.791. The van der Waals surface area contributed by atoms with Crippen molar-refractivity contribution >= 4 is 22.6 Å². The number of hydrogen-bond donors (Lipinski definition) is 0. The Morgan fingerprint density at radius 2 is 1.17 bits per heavy atom. The van der Waals surface area contributed by atoms with Crippen LogP contribution in [0.5, 0.6) is 0 Å². The Balaban J connectivity index is 1.29. The molecule has 0 N–H and O–H groups in total. The SMILES string of the molecule is IC12CC(CCC34CC5CC(CC(C5)C3)C4)(C1)C2. The molecule has 6 bridgehead atoms. The average molecular weight is 356 g/mol. The summed E-state index contributed by atoms with van der Waals surface area (Å²) in [5.41, 5.74) is 1.72. The third-order valence-electron chi connectivity index (χ3n) is 7.43. The summed E-state index contributed by atoms with van der Waals surface area (Å²) in [5.74, 6) is 3.46. The fourth-order valence-electron chi connectivity index (χ4n) is 7.25. The van der Waals surface area contributed by atoms with Gasteiger partial charge in [0.15, 0.2) is 0 Å². The van der Waals surface area contributed by atoms with Crippen molar-refractivity contribution in [2.24, 2.45) is 28.6 Å². The molecule has 0 spiro atoms. The first-order chi connectivity index (χ1) is 8.56. The van der Waals surface area contributed by atoms with Crippen molar-refractivity contribution in [2.45, 2.75) is 74.1 Å². The van der Waals surface area contributed by atoms with Gasteiger partial charge >= 0.3 is 0 Å². The highest BCUT2D eigenvalue weighted by atomic mass is 127. The van der Waals surface area contributed by atoms with E-state index in [1.54, 1.807) is 70.6 Å². The third-order valence-corrected chi connectivity index (χ3v) is 8.57. The van der Waals surface area contributed by atoms with E-state index >= 15 is 0 Å². The summed E-state index contributed by atoms with van der Waals surface area (Å²) < 4.78 is 0.791. The molecule has 0 aromatic rings. The van der Waals surface area contributed by atoms with E-state index in [2.05, 4.69) is 22.6 Å². The molecule has 0 unspecified atom stereocenters. The largest absolute Gasteiger partial charge is 0.0788 e. The van der Waals surface area contributed by atoms with Crippen molar-refractivity contribution in [1.82, 2.24) is 0 Å². The third kappa shape index (κ3) is 1.49. The van der Waals surface area contributed by atoms with Crippen molar-refractivity contribution in [1.29, 1.82) is 0 Å². The first kappa shape index (κ1) is 11.4. The second kappa shape index (κ2) is 3.31. The molecule has 0 nitrogen and oxygen atoms in total. The normalized spacial score (nSPS) is 63.5. The van der Waals surface area contributed by atoms with Crippen LogP contribution in [0, 0.1) is 28.6 Å². The summed E-state index contributed by atoms with van der Waals surface area (Å²) in [6, 6.07) is 0. The molecule has 18 heavy (non-hydrogen) atoms. The number of hydrogen-bond acceptors (Lipinski definition) is 0. The van der Waals surface area contributed by atoms with Crippen LogP contribution in [0.3, 0.4) is 0 Å². The van der Waals surface area contributed by atoms with E-state index in [1.807, 2.05) is 0 Å². The lowest BCUT2D eigenvalue weighted by Crippen LogP contribution is -2.63. The maximum Gasteiger partial charge on any atom is 0.0238 e. The molecule has 1 heteroatoms. The topological polar surface area (TPSA) is 0 Å². The van der Waals surface area contributed by atoms with Crippen molar-refractivity contribution in [2.75, 3.05) is 0 Å².